The summed E-state index contributed by atoms with van der Waals surface area (Å²) < 4.78 is 58.9. The molecule has 13 nitrogen and oxygen atoms in total. The number of aromatic nitrogens is 1. The zero-order valence-corrected chi connectivity index (χ0v) is 28.9. The van der Waals surface area contributed by atoms with Crippen LogP contribution in [0.2, 0.25) is 0 Å². The number of nitrogens with zero attached hydrogens (tertiary/aromatic N) is 3. The van der Waals surface area contributed by atoms with E-state index in [9.17, 15) is 26.9 Å². The number of halogens is 1. The van der Waals surface area contributed by atoms with E-state index in [0.717, 1.165) is 16.6 Å². The molecule has 0 saturated heterocycles. The van der Waals surface area contributed by atoms with Crippen LogP contribution in [0.25, 0.3) is 4.85 Å². The van der Waals surface area contributed by atoms with E-state index in [0.29, 0.717) is 30.1 Å². The van der Waals surface area contributed by atoms with Gasteiger partial charge >= 0.3 is 14.2 Å². The maximum atomic E-state index is 12.4. The summed E-state index contributed by atoms with van der Waals surface area (Å²) >= 11 is 0. The minimum atomic E-state index is -3.89. The SMILES string of the molecule is C.C.N#Cc1ccccc1S(=O)(=O)Nc1ccc2c(c1)B(O)OC2.Nc1ccc2c(c1)B(O)OC2.[C-]#[N+]c1ccccc1S(=O)(=O)Cl.c1ccncc1. The molecular formula is C35H36B2ClN5O8S2. The number of nitrogens with two attached hydrogens (primary N) is 1. The molecular weight excluding hydrogens is 740 g/mol. The first-order valence-corrected chi connectivity index (χ1v) is 18.5. The fourth-order valence-electron chi connectivity index (χ4n) is 4.58. The van der Waals surface area contributed by atoms with E-state index in [1.54, 1.807) is 54.9 Å². The summed E-state index contributed by atoms with van der Waals surface area (Å²) in [5, 5.41) is 27.9. The molecule has 2 aliphatic heterocycles. The predicted molar refractivity (Wildman–Crippen MR) is 207 cm³/mol. The van der Waals surface area contributed by atoms with Gasteiger partial charge in [0.2, 0.25) is 5.69 Å². The smallest absolute Gasteiger partial charge is 0.423 e. The van der Waals surface area contributed by atoms with Crippen LogP contribution >= 0.6 is 10.7 Å². The number of rotatable bonds is 4. The summed E-state index contributed by atoms with van der Waals surface area (Å²) in [6.07, 6.45) is 3.50. The van der Waals surface area contributed by atoms with Crippen molar-refractivity contribution in [1.82, 2.24) is 4.98 Å². The Hall–Kier alpha value is -5.23. The van der Waals surface area contributed by atoms with Gasteiger partial charge in [-0.3, -0.25) is 9.71 Å². The van der Waals surface area contributed by atoms with E-state index in [-0.39, 0.29) is 35.9 Å². The molecule has 18 heteroatoms. The van der Waals surface area contributed by atoms with Crippen molar-refractivity contribution in [3.05, 3.63) is 144 Å². The highest BCUT2D eigenvalue weighted by molar-refractivity contribution is 8.13. The van der Waals surface area contributed by atoms with Crippen LogP contribution in [0.5, 0.6) is 0 Å². The Morgan fingerprint density at radius 1 is 0.811 bits per heavy atom. The molecule has 53 heavy (non-hydrogen) atoms. The third-order valence-corrected chi connectivity index (χ3v) is 9.81. The van der Waals surface area contributed by atoms with Crippen LogP contribution in [0.4, 0.5) is 17.1 Å². The number of pyridine rings is 1. The normalized spacial score (nSPS) is 12.1. The van der Waals surface area contributed by atoms with Gasteiger partial charge in [-0.1, -0.05) is 69.5 Å². The number of sulfonamides is 1. The largest absolute Gasteiger partial charge is 0.491 e. The summed E-state index contributed by atoms with van der Waals surface area (Å²) in [6.45, 7) is 7.44. The second kappa shape index (κ2) is 20.1. The Morgan fingerprint density at radius 2 is 1.36 bits per heavy atom. The lowest BCUT2D eigenvalue weighted by molar-refractivity contribution is 0.275. The number of nitrogens with one attached hydrogen (secondary N) is 1. The van der Waals surface area contributed by atoms with Crippen LogP contribution in [-0.2, 0) is 41.6 Å². The Morgan fingerprint density at radius 3 is 1.87 bits per heavy atom. The van der Waals surface area contributed by atoms with Crippen LogP contribution in [0.1, 0.15) is 31.5 Å². The molecule has 0 unspecified atom stereocenters. The van der Waals surface area contributed by atoms with E-state index in [2.05, 4.69) is 14.6 Å². The van der Waals surface area contributed by atoms with Gasteiger partial charge < -0.3 is 25.1 Å². The topological polar surface area (TPSA) is 206 Å². The van der Waals surface area contributed by atoms with Crippen LogP contribution < -0.4 is 21.4 Å². The average Bonchev–Trinajstić information content (AvgIpc) is 3.70. The molecule has 274 valence electrons. The van der Waals surface area contributed by atoms with Crippen molar-refractivity contribution in [2.45, 2.75) is 37.9 Å². The molecule has 0 spiro atoms. The molecule has 1 aromatic heterocycles. The van der Waals surface area contributed by atoms with E-state index >= 15 is 0 Å². The van der Waals surface area contributed by atoms with Gasteiger partial charge in [0.15, 0.2) is 0 Å². The quantitative estimate of drug-likeness (QED) is 0.0860. The van der Waals surface area contributed by atoms with Gasteiger partial charge in [-0.25, -0.2) is 21.7 Å². The number of para-hydroxylation sites is 1. The summed E-state index contributed by atoms with van der Waals surface area (Å²) in [7, 11) is -4.44. The van der Waals surface area contributed by atoms with Crippen molar-refractivity contribution in [3.8, 4) is 6.07 Å². The minimum Gasteiger partial charge on any atom is -0.423 e. The summed E-state index contributed by atoms with van der Waals surface area (Å²) in [4.78, 5) is 6.58. The van der Waals surface area contributed by atoms with Crippen LogP contribution in [0.3, 0.4) is 0 Å². The summed E-state index contributed by atoms with van der Waals surface area (Å²) in [5.74, 6) is 0. The van der Waals surface area contributed by atoms with Gasteiger partial charge in [-0.2, -0.15) is 5.26 Å². The average molecular weight is 776 g/mol. The van der Waals surface area contributed by atoms with Crippen LogP contribution in [0.15, 0.2) is 125 Å². The first-order chi connectivity index (χ1) is 24.3. The highest BCUT2D eigenvalue weighted by Crippen LogP contribution is 2.26. The fourth-order valence-corrected chi connectivity index (χ4v) is 6.79. The van der Waals surface area contributed by atoms with Gasteiger partial charge in [0.25, 0.3) is 19.1 Å². The van der Waals surface area contributed by atoms with Crippen LogP contribution in [0, 0.1) is 17.9 Å². The molecule has 7 rings (SSSR count). The first kappa shape index (κ1) is 43.9. The Balaban J connectivity index is 0.000000266. The third-order valence-electron chi connectivity index (χ3n) is 7.01. The molecule has 0 radical (unpaired) electrons. The second-order valence-electron chi connectivity index (χ2n) is 10.5. The number of anilines is 2. The number of nitriles is 1. The molecule has 5 aromatic rings. The van der Waals surface area contributed by atoms with Gasteiger partial charge in [0.05, 0.1) is 30.2 Å². The van der Waals surface area contributed by atoms with E-state index in [1.807, 2.05) is 30.3 Å². The Kier molecular flexibility index (Phi) is 16.7. The molecule has 0 atom stereocenters. The number of nitrogen functional groups attached to an aromatic ring is 1. The van der Waals surface area contributed by atoms with Gasteiger partial charge in [0.1, 0.15) is 11.0 Å². The van der Waals surface area contributed by atoms with Crippen molar-refractivity contribution in [2.24, 2.45) is 0 Å². The van der Waals surface area contributed by atoms with Gasteiger partial charge in [0, 0.05) is 34.5 Å². The Labute approximate surface area is 315 Å². The lowest BCUT2D eigenvalue weighted by Crippen LogP contribution is -2.28. The van der Waals surface area contributed by atoms with Crippen molar-refractivity contribution in [3.63, 3.8) is 0 Å². The van der Waals surface area contributed by atoms with Crippen molar-refractivity contribution in [2.75, 3.05) is 10.5 Å². The lowest BCUT2D eigenvalue weighted by Gasteiger charge is -2.10. The zero-order valence-electron chi connectivity index (χ0n) is 26.5. The van der Waals surface area contributed by atoms with Crippen molar-refractivity contribution in [1.29, 1.82) is 5.26 Å². The lowest BCUT2D eigenvalue weighted by atomic mass is 9.79. The minimum absolute atomic E-state index is 0. The number of hydrogen-bond donors (Lipinski definition) is 4. The second-order valence-corrected chi connectivity index (χ2v) is 14.6. The third kappa shape index (κ3) is 12.2. The number of hydrogen-bond acceptors (Lipinski definition) is 11. The highest BCUT2D eigenvalue weighted by Gasteiger charge is 2.28. The molecule has 0 fully saturated rings. The van der Waals surface area contributed by atoms with Gasteiger partial charge in [-0.05, 0) is 70.6 Å². The van der Waals surface area contributed by atoms with Crippen molar-refractivity contribution >= 4 is 72.0 Å². The summed E-state index contributed by atoms with van der Waals surface area (Å²) in [6, 6.07) is 29.6. The van der Waals surface area contributed by atoms with E-state index in [1.165, 1.54) is 36.4 Å². The molecule has 4 aromatic carbocycles. The molecule has 0 bridgehead atoms. The Bertz CT molecular complexity index is 2270. The monoisotopic (exact) mass is 775 g/mol. The standard InChI is InChI=1S/C14H11BN2O4S.C7H8BNO2.C7H4ClNO2S.C5H5N.2CH4/c16-8-10-3-1-2-4-14(10)22(19,20)17-12-6-5-11-9-21-15(18)13(11)7-12;9-6-2-1-5-4-11-8(10)7(5)3-6;1-9-6-4-2-3-5-7(6)12(8,10)11;1-2-4-6-5-3-1;;/h1-7,17-18H,9H2;1-3,10H,4,9H2;2-5H;1-5H;2*1H4. The van der Waals surface area contributed by atoms with Crippen LogP contribution in [-0.4, -0.2) is 46.1 Å². The maximum absolute atomic E-state index is 12.4. The molecule has 2 aliphatic rings. The summed E-state index contributed by atoms with van der Waals surface area (Å²) in [5.41, 5.74) is 9.77. The van der Waals surface area contributed by atoms with Gasteiger partial charge in [-0.15, -0.1) is 0 Å². The maximum Gasteiger partial charge on any atom is 0.491 e. The number of fused-ring (bicyclic) bond motifs is 2. The highest BCUT2D eigenvalue weighted by atomic mass is 35.7. The molecule has 5 N–H and O–H groups in total. The number of benzene rings is 4. The zero-order chi connectivity index (χ0) is 37.0. The molecule has 0 amide bonds. The van der Waals surface area contributed by atoms with E-state index < -0.39 is 33.3 Å². The predicted octanol–water partition coefficient (Wildman–Crippen LogP) is 4.58. The fraction of sp³-hybridized carbons (Fsp3) is 0.114. The molecule has 0 saturated carbocycles. The molecule has 0 aliphatic carbocycles. The van der Waals surface area contributed by atoms with Crippen molar-refractivity contribution < 1.29 is 36.2 Å². The molecule has 3 heterocycles. The first-order valence-electron chi connectivity index (χ1n) is 14.7. The van der Waals surface area contributed by atoms with E-state index in [4.69, 9.17) is 37.6 Å².